The van der Waals surface area contributed by atoms with Gasteiger partial charge in [-0.25, -0.2) is 4.79 Å². The van der Waals surface area contributed by atoms with E-state index in [1.165, 1.54) is 25.3 Å². The topological polar surface area (TPSA) is 75.6 Å². The summed E-state index contributed by atoms with van der Waals surface area (Å²) in [4.78, 5) is 23.3. The Morgan fingerprint density at radius 2 is 1.95 bits per heavy atom. The third-order valence-corrected chi connectivity index (χ3v) is 3.69. The number of amides is 1. The van der Waals surface area contributed by atoms with Crippen molar-refractivity contribution in [2.75, 3.05) is 12.4 Å². The first-order valence-electron chi connectivity index (χ1n) is 6.10. The van der Waals surface area contributed by atoms with Crippen LogP contribution in [-0.2, 0) is 0 Å². The Balaban J connectivity index is 2.36. The summed E-state index contributed by atoms with van der Waals surface area (Å²) in [7, 11) is 1.43. The molecule has 0 spiro atoms. The van der Waals surface area contributed by atoms with Crippen LogP contribution in [0.2, 0.25) is 5.02 Å². The zero-order valence-corrected chi connectivity index (χ0v) is 13.7. The molecule has 5 nitrogen and oxygen atoms in total. The number of carbonyl (C=O) groups is 2. The van der Waals surface area contributed by atoms with E-state index in [1.807, 2.05) is 0 Å². The smallest absolute Gasteiger partial charge is 0.335 e. The van der Waals surface area contributed by atoms with E-state index in [0.29, 0.717) is 10.2 Å². The van der Waals surface area contributed by atoms with Crippen molar-refractivity contribution in [3.8, 4) is 5.75 Å². The quantitative estimate of drug-likeness (QED) is 0.833. The van der Waals surface area contributed by atoms with Gasteiger partial charge >= 0.3 is 5.97 Å². The number of benzene rings is 2. The molecule has 2 rings (SSSR count). The van der Waals surface area contributed by atoms with Crippen LogP contribution < -0.4 is 10.1 Å². The lowest BCUT2D eigenvalue weighted by Crippen LogP contribution is -2.14. The molecule has 22 heavy (non-hydrogen) atoms. The molecular weight excluding hydrogens is 374 g/mol. The van der Waals surface area contributed by atoms with Crippen LogP contribution in [0, 0.1) is 0 Å². The van der Waals surface area contributed by atoms with Crippen LogP contribution in [0.25, 0.3) is 0 Å². The second-order valence-electron chi connectivity index (χ2n) is 4.30. The lowest BCUT2D eigenvalue weighted by atomic mass is 10.1. The van der Waals surface area contributed by atoms with Gasteiger partial charge in [0.15, 0.2) is 0 Å². The van der Waals surface area contributed by atoms with E-state index in [-0.39, 0.29) is 21.8 Å². The molecule has 7 heteroatoms. The van der Waals surface area contributed by atoms with E-state index in [4.69, 9.17) is 21.4 Å². The molecule has 0 aliphatic rings. The molecule has 2 aromatic carbocycles. The van der Waals surface area contributed by atoms with Gasteiger partial charge in [0.2, 0.25) is 0 Å². The zero-order valence-electron chi connectivity index (χ0n) is 11.4. The Morgan fingerprint density at radius 1 is 1.23 bits per heavy atom. The summed E-state index contributed by atoms with van der Waals surface area (Å²) in [5.74, 6) is -1.21. The number of hydrogen-bond donors (Lipinski definition) is 2. The highest BCUT2D eigenvalue weighted by atomic mass is 79.9. The van der Waals surface area contributed by atoms with Crippen molar-refractivity contribution < 1.29 is 19.4 Å². The minimum absolute atomic E-state index is 0.0384. The first kappa shape index (κ1) is 16.3. The molecule has 0 aromatic heterocycles. The molecule has 0 atom stereocenters. The third kappa shape index (κ3) is 3.58. The predicted molar refractivity (Wildman–Crippen MR) is 87.1 cm³/mol. The number of halogens is 2. The van der Waals surface area contributed by atoms with Gasteiger partial charge in [-0.05, 0) is 36.4 Å². The van der Waals surface area contributed by atoms with Crippen molar-refractivity contribution in [1.82, 2.24) is 0 Å². The van der Waals surface area contributed by atoms with Gasteiger partial charge in [0.05, 0.1) is 28.9 Å². The molecule has 0 aliphatic heterocycles. The number of hydrogen-bond acceptors (Lipinski definition) is 3. The van der Waals surface area contributed by atoms with Gasteiger partial charge in [0, 0.05) is 4.47 Å². The summed E-state index contributed by atoms with van der Waals surface area (Å²) in [5.41, 5.74) is 0.554. The van der Waals surface area contributed by atoms with Gasteiger partial charge in [-0.1, -0.05) is 27.5 Å². The molecule has 2 N–H and O–H groups in total. The monoisotopic (exact) mass is 383 g/mol. The molecule has 0 saturated carbocycles. The average molecular weight is 385 g/mol. The molecule has 114 valence electrons. The molecule has 0 heterocycles. The van der Waals surface area contributed by atoms with Gasteiger partial charge in [0.1, 0.15) is 5.75 Å². The van der Waals surface area contributed by atoms with E-state index >= 15 is 0 Å². The van der Waals surface area contributed by atoms with Gasteiger partial charge in [0.25, 0.3) is 5.91 Å². The van der Waals surface area contributed by atoms with Crippen molar-refractivity contribution in [3.63, 3.8) is 0 Å². The number of carbonyl (C=O) groups excluding carboxylic acids is 1. The number of rotatable bonds is 4. The van der Waals surface area contributed by atoms with Gasteiger partial charge < -0.3 is 15.2 Å². The number of carboxylic acids is 1. The Labute approximate surface area is 140 Å². The number of nitrogens with one attached hydrogen (secondary N) is 1. The maximum absolute atomic E-state index is 12.3. The Morgan fingerprint density at radius 3 is 2.59 bits per heavy atom. The first-order chi connectivity index (χ1) is 10.4. The number of anilines is 1. The third-order valence-electron chi connectivity index (χ3n) is 2.87. The van der Waals surface area contributed by atoms with Crippen LogP contribution in [-0.4, -0.2) is 24.1 Å². The predicted octanol–water partition coefficient (Wildman–Crippen LogP) is 4.06. The summed E-state index contributed by atoms with van der Waals surface area (Å²) in [6.07, 6.45) is 0. The summed E-state index contributed by atoms with van der Waals surface area (Å²) in [5, 5.41) is 11.9. The van der Waals surface area contributed by atoms with E-state index < -0.39 is 11.9 Å². The van der Waals surface area contributed by atoms with E-state index in [1.54, 1.807) is 18.2 Å². The first-order valence-corrected chi connectivity index (χ1v) is 7.27. The Hall–Kier alpha value is -2.05. The largest absolute Gasteiger partial charge is 0.495 e. The molecular formula is C15H11BrClNO4. The van der Waals surface area contributed by atoms with E-state index in [0.717, 1.165) is 0 Å². The zero-order chi connectivity index (χ0) is 16.3. The van der Waals surface area contributed by atoms with Gasteiger partial charge in [-0.3, -0.25) is 4.79 Å². The van der Waals surface area contributed by atoms with Crippen LogP contribution in [0.15, 0.2) is 40.9 Å². The number of aromatic carboxylic acids is 1. The van der Waals surface area contributed by atoms with Crippen LogP contribution in [0.4, 0.5) is 5.69 Å². The molecule has 0 aliphatic carbocycles. The Kier molecular flexibility index (Phi) is 5.05. The SMILES string of the molecule is COc1ccc(C(=O)O)cc1NC(=O)c1cc(Br)ccc1Cl. The fraction of sp³-hybridized carbons (Fsp3) is 0.0667. The number of methoxy groups -OCH3 is 1. The standard InChI is InChI=1S/C15H11BrClNO4/c1-22-13-5-2-8(15(20)21)6-12(13)18-14(19)10-7-9(16)3-4-11(10)17/h2-7H,1H3,(H,18,19)(H,20,21). The highest BCUT2D eigenvalue weighted by Gasteiger charge is 2.15. The summed E-state index contributed by atoms with van der Waals surface area (Å²) >= 11 is 9.27. The van der Waals surface area contributed by atoms with Gasteiger partial charge in [-0.15, -0.1) is 0 Å². The highest BCUT2D eigenvalue weighted by Crippen LogP contribution is 2.28. The number of carboxylic acid groups (broad SMARTS) is 1. The Bertz CT molecular complexity index is 748. The molecule has 0 radical (unpaired) electrons. The average Bonchev–Trinajstić information content (AvgIpc) is 2.49. The summed E-state index contributed by atoms with van der Waals surface area (Å²) < 4.78 is 5.82. The molecule has 2 aromatic rings. The molecule has 0 fully saturated rings. The van der Waals surface area contributed by atoms with E-state index in [2.05, 4.69) is 21.2 Å². The molecule has 0 unspecified atom stereocenters. The lowest BCUT2D eigenvalue weighted by Gasteiger charge is -2.12. The van der Waals surface area contributed by atoms with Crippen LogP contribution >= 0.6 is 27.5 Å². The van der Waals surface area contributed by atoms with Crippen molar-refractivity contribution in [2.24, 2.45) is 0 Å². The lowest BCUT2D eigenvalue weighted by molar-refractivity contribution is 0.0696. The summed E-state index contributed by atoms with van der Waals surface area (Å²) in [6.45, 7) is 0. The second-order valence-corrected chi connectivity index (χ2v) is 5.62. The molecule has 1 amide bonds. The van der Waals surface area contributed by atoms with Crippen LogP contribution in [0.3, 0.4) is 0 Å². The molecule has 0 bridgehead atoms. The normalized spacial score (nSPS) is 10.1. The minimum Gasteiger partial charge on any atom is -0.495 e. The molecule has 0 saturated heterocycles. The summed E-state index contributed by atoms with van der Waals surface area (Å²) in [6, 6.07) is 9.07. The number of ether oxygens (including phenoxy) is 1. The fourth-order valence-electron chi connectivity index (χ4n) is 1.80. The van der Waals surface area contributed by atoms with Crippen molar-refractivity contribution in [3.05, 3.63) is 57.0 Å². The highest BCUT2D eigenvalue weighted by molar-refractivity contribution is 9.10. The van der Waals surface area contributed by atoms with Crippen molar-refractivity contribution in [2.45, 2.75) is 0 Å². The van der Waals surface area contributed by atoms with Crippen LogP contribution in [0.1, 0.15) is 20.7 Å². The van der Waals surface area contributed by atoms with Crippen molar-refractivity contribution >= 4 is 45.1 Å². The van der Waals surface area contributed by atoms with E-state index in [9.17, 15) is 9.59 Å². The van der Waals surface area contributed by atoms with Crippen molar-refractivity contribution in [1.29, 1.82) is 0 Å². The second kappa shape index (κ2) is 6.81. The maximum atomic E-state index is 12.3. The minimum atomic E-state index is -1.10. The van der Waals surface area contributed by atoms with Gasteiger partial charge in [-0.2, -0.15) is 0 Å². The maximum Gasteiger partial charge on any atom is 0.335 e. The fourth-order valence-corrected chi connectivity index (χ4v) is 2.36. The van der Waals surface area contributed by atoms with Crippen LogP contribution in [0.5, 0.6) is 5.75 Å².